The molecule has 1 aliphatic heterocycles. The molecule has 1 aromatic carbocycles. The third-order valence-electron chi connectivity index (χ3n) is 5.65. The third-order valence-corrected chi connectivity index (χ3v) is 7.94. The van der Waals surface area contributed by atoms with Crippen molar-refractivity contribution in [1.82, 2.24) is 13.8 Å². The van der Waals surface area contributed by atoms with Crippen LogP contribution in [0.4, 0.5) is 27.0 Å². The number of thiazole rings is 1. The molecule has 3 N–H and O–H groups in total. The van der Waals surface area contributed by atoms with Crippen LogP contribution in [0, 0.1) is 11.6 Å². The van der Waals surface area contributed by atoms with Crippen LogP contribution in [0.25, 0.3) is 11.3 Å². The fourth-order valence-electron chi connectivity index (χ4n) is 3.68. The van der Waals surface area contributed by atoms with Crippen molar-refractivity contribution >= 4 is 47.5 Å². The predicted molar refractivity (Wildman–Crippen MR) is 129 cm³/mol. The highest BCUT2D eigenvalue weighted by Crippen LogP contribution is 2.39. The number of hydrogen-bond acceptors (Lipinski definition) is 9. The molecule has 0 aliphatic carbocycles. The first-order chi connectivity index (χ1) is 18.5. The maximum atomic E-state index is 14.7. The standard InChI is InChI=1S/C20H17F5N5O7PS2/c1-28-16(32)13-10(27-40-17(13)29(2)19(28)33)5-12(31)26-18-30(7-37-38(34,35)36)11(6-39-18)8-3-4-9(20(23,24)25)15(22)14(8)21/h3-4,6,19,33H,5,7H2,1-2H3,(H2,34,35,36). The second kappa shape index (κ2) is 10.7. The van der Waals surface area contributed by atoms with E-state index < -0.39 is 73.8 Å². The molecule has 4 rings (SSSR count). The van der Waals surface area contributed by atoms with Crippen molar-refractivity contribution in [3.63, 3.8) is 0 Å². The Morgan fingerprint density at radius 2 is 1.88 bits per heavy atom. The van der Waals surface area contributed by atoms with Crippen LogP contribution in [0.15, 0.2) is 22.5 Å². The molecule has 3 heterocycles. The van der Waals surface area contributed by atoms with Gasteiger partial charge in [0.05, 0.1) is 28.9 Å². The molecule has 12 nitrogen and oxygen atoms in total. The minimum Gasteiger partial charge on any atom is -0.356 e. The Morgan fingerprint density at radius 3 is 2.50 bits per heavy atom. The average molecular weight is 629 g/mol. The SMILES string of the molecule is CN1C(=O)c2c(CC(=O)N=c3scc(-c4ccc(C(F)(F)F)c(F)c4F)n3COP(=O)(O)O)nsc2N(C)C1O. The van der Waals surface area contributed by atoms with Gasteiger partial charge >= 0.3 is 14.0 Å². The number of carbonyl (C=O) groups excluding carboxylic acids is 2. The molecule has 3 aromatic rings. The van der Waals surface area contributed by atoms with Gasteiger partial charge in [-0.1, -0.05) is 0 Å². The summed E-state index contributed by atoms with van der Waals surface area (Å²) < 4.78 is 88.4. The first-order valence-corrected chi connectivity index (χ1v) is 13.9. The molecule has 1 atom stereocenters. The largest absolute Gasteiger partial charge is 0.471 e. The number of aliphatic hydroxyl groups excluding tert-OH is 1. The molecular weight excluding hydrogens is 612 g/mol. The van der Waals surface area contributed by atoms with Crippen LogP contribution in [-0.2, 0) is 33.2 Å². The van der Waals surface area contributed by atoms with E-state index in [1.807, 2.05) is 0 Å². The summed E-state index contributed by atoms with van der Waals surface area (Å²) in [4.78, 5) is 49.5. The second-order valence-corrected chi connectivity index (χ2v) is 11.1. The van der Waals surface area contributed by atoms with Crippen molar-refractivity contribution in [3.8, 4) is 11.3 Å². The monoisotopic (exact) mass is 629 g/mol. The molecule has 20 heteroatoms. The number of aliphatic hydroxyl groups is 1. The van der Waals surface area contributed by atoms with Crippen molar-refractivity contribution in [1.29, 1.82) is 0 Å². The van der Waals surface area contributed by atoms with E-state index in [0.29, 0.717) is 22.4 Å². The lowest BCUT2D eigenvalue weighted by Gasteiger charge is -2.36. The van der Waals surface area contributed by atoms with E-state index in [0.717, 1.165) is 26.4 Å². The van der Waals surface area contributed by atoms with E-state index in [4.69, 9.17) is 9.79 Å². The first kappa shape index (κ1) is 29.9. The lowest BCUT2D eigenvalue weighted by atomic mass is 10.1. The highest BCUT2D eigenvalue weighted by atomic mass is 32.1. The molecule has 0 spiro atoms. The molecule has 2 aromatic heterocycles. The van der Waals surface area contributed by atoms with Gasteiger partial charge in [-0.05, 0) is 23.7 Å². The number of anilines is 1. The second-order valence-electron chi connectivity index (χ2n) is 8.23. The Balaban J connectivity index is 1.74. The van der Waals surface area contributed by atoms with Crippen LogP contribution in [0.5, 0.6) is 0 Å². The van der Waals surface area contributed by atoms with Crippen LogP contribution in [0.2, 0.25) is 0 Å². The Hall–Kier alpha value is -3.06. The van der Waals surface area contributed by atoms with Crippen LogP contribution in [0.1, 0.15) is 21.6 Å². The number of hydrogen-bond donors (Lipinski definition) is 3. The van der Waals surface area contributed by atoms with Gasteiger partial charge in [0.2, 0.25) is 6.35 Å². The van der Waals surface area contributed by atoms with E-state index in [9.17, 15) is 41.2 Å². The number of aromatic nitrogens is 2. The number of benzene rings is 1. The van der Waals surface area contributed by atoms with E-state index in [-0.39, 0.29) is 22.1 Å². The summed E-state index contributed by atoms with van der Waals surface area (Å²) in [5.74, 6) is -5.64. The Bertz CT molecular complexity index is 1620. The summed E-state index contributed by atoms with van der Waals surface area (Å²) in [7, 11) is -2.31. The molecule has 1 unspecified atom stereocenters. The molecule has 2 amide bonds. The molecule has 0 fully saturated rings. The fourth-order valence-corrected chi connectivity index (χ4v) is 5.72. The average Bonchev–Trinajstić information content (AvgIpc) is 3.44. The van der Waals surface area contributed by atoms with Gasteiger partial charge < -0.3 is 19.8 Å². The lowest BCUT2D eigenvalue weighted by Crippen LogP contribution is -2.51. The van der Waals surface area contributed by atoms with Crippen LogP contribution in [0.3, 0.4) is 0 Å². The van der Waals surface area contributed by atoms with Crippen molar-refractivity contribution in [3.05, 3.63) is 50.8 Å². The molecule has 40 heavy (non-hydrogen) atoms. The summed E-state index contributed by atoms with van der Waals surface area (Å²) in [6.07, 6.45) is -6.99. The van der Waals surface area contributed by atoms with Crippen LogP contribution in [-0.4, -0.2) is 61.0 Å². The zero-order valence-corrected chi connectivity index (χ0v) is 22.6. The van der Waals surface area contributed by atoms with Crippen molar-refractivity contribution < 1.29 is 55.5 Å². The topological polar surface area (TPSA) is 158 Å². The van der Waals surface area contributed by atoms with Gasteiger partial charge in [0, 0.05) is 25.0 Å². The van der Waals surface area contributed by atoms with Gasteiger partial charge in [-0.25, -0.2) is 13.3 Å². The Morgan fingerprint density at radius 1 is 1.20 bits per heavy atom. The minimum absolute atomic E-state index is 0.0232. The number of nitrogens with zero attached hydrogens (tertiary/aromatic N) is 5. The number of rotatable bonds is 6. The van der Waals surface area contributed by atoms with Crippen molar-refractivity contribution in [2.75, 3.05) is 19.0 Å². The number of alkyl halides is 3. The first-order valence-electron chi connectivity index (χ1n) is 10.7. The highest BCUT2D eigenvalue weighted by Gasteiger charge is 2.38. The minimum atomic E-state index is -5.19. The normalized spacial score (nSPS) is 16.6. The zero-order valence-electron chi connectivity index (χ0n) is 20.1. The molecule has 1 aliphatic rings. The number of carbonyl (C=O) groups is 2. The molecule has 0 bridgehead atoms. The van der Waals surface area contributed by atoms with Crippen molar-refractivity contribution in [2.24, 2.45) is 4.99 Å². The van der Waals surface area contributed by atoms with E-state index in [2.05, 4.69) is 13.9 Å². The van der Waals surface area contributed by atoms with Gasteiger partial charge in [0.15, 0.2) is 16.4 Å². The summed E-state index contributed by atoms with van der Waals surface area (Å²) in [6.45, 7) is -1.05. The molecule has 0 saturated heterocycles. The number of phosphoric acid groups is 1. The number of amides is 2. The smallest absolute Gasteiger partial charge is 0.356 e. The molecule has 0 radical (unpaired) electrons. The lowest BCUT2D eigenvalue weighted by molar-refractivity contribution is -0.140. The maximum Gasteiger partial charge on any atom is 0.471 e. The van der Waals surface area contributed by atoms with Gasteiger partial charge in [0.25, 0.3) is 11.8 Å². The molecule has 216 valence electrons. The van der Waals surface area contributed by atoms with Crippen LogP contribution < -0.4 is 9.70 Å². The maximum absolute atomic E-state index is 14.7. The Labute approximate surface area is 228 Å². The zero-order chi connectivity index (χ0) is 29.7. The quantitative estimate of drug-likeness (QED) is 0.275. The Kier molecular flexibility index (Phi) is 8.03. The van der Waals surface area contributed by atoms with Gasteiger partial charge in [0.1, 0.15) is 11.7 Å². The van der Waals surface area contributed by atoms with Gasteiger partial charge in [-0.3, -0.25) is 23.6 Å². The van der Waals surface area contributed by atoms with Gasteiger partial charge in [-0.2, -0.15) is 22.5 Å². The van der Waals surface area contributed by atoms with E-state index in [1.165, 1.54) is 19.0 Å². The van der Waals surface area contributed by atoms with Gasteiger partial charge in [-0.15, -0.1) is 11.3 Å². The molecular formula is C20H17F5N5O7PS2. The summed E-state index contributed by atoms with van der Waals surface area (Å²) in [5, 5.41) is 11.5. The fraction of sp³-hybridized carbons (Fsp3) is 0.300. The van der Waals surface area contributed by atoms with Crippen LogP contribution >= 0.6 is 30.7 Å². The summed E-state index contributed by atoms with van der Waals surface area (Å²) >= 11 is 1.46. The van der Waals surface area contributed by atoms with E-state index >= 15 is 0 Å². The highest BCUT2D eigenvalue weighted by molar-refractivity contribution is 7.46. The summed E-state index contributed by atoms with van der Waals surface area (Å²) in [6, 6.07) is 0.895. The molecule has 0 saturated carbocycles. The third kappa shape index (κ3) is 5.71. The summed E-state index contributed by atoms with van der Waals surface area (Å²) in [5.41, 5.74) is -2.92. The van der Waals surface area contributed by atoms with E-state index in [1.54, 1.807) is 0 Å². The number of halogens is 5. The predicted octanol–water partition coefficient (Wildman–Crippen LogP) is 2.50. The number of fused-ring (bicyclic) bond motifs is 1. The number of phosphoric ester groups is 1. The van der Waals surface area contributed by atoms with Crippen molar-refractivity contribution in [2.45, 2.75) is 25.7 Å².